The van der Waals surface area contributed by atoms with Gasteiger partial charge in [0.2, 0.25) is 0 Å². The van der Waals surface area contributed by atoms with Crippen molar-refractivity contribution in [3.8, 4) is 16.9 Å². The minimum atomic E-state index is 0.168. The van der Waals surface area contributed by atoms with Crippen molar-refractivity contribution < 1.29 is 4.74 Å². The standard InChI is InChI=1S/C13H14O2/c1-4-9-5-6-11(15-3)10(7-9)12-8(2)13(12)14/h5-7H,4H2,1-3H3. The lowest BCUT2D eigenvalue weighted by molar-refractivity contribution is 0.416. The van der Waals surface area contributed by atoms with Crippen molar-refractivity contribution >= 4 is 0 Å². The van der Waals surface area contributed by atoms with Gasteiger partial charge in [-0.05, 0) is 31.0 Å². The van der Waals surface area contributed by atoms with Crippen LogP contribution >= 0.6 is 0 Å². The summed E-state index contributed by atoms with van der Waals surface area (Å²) >= 11 is 0. The molecule has 0 spiro atoms. The van der Waals surface area contributed by atoms with Crippen LogP contribution in [0.1, 0.15) is 18.1 Å². The van der Waals surface area contributed by atoms with E-state index in [4.69, 9.17) is 4.74 Å². The first kappa shape index (κ1) is 9.97. The van der Waals surface area contributed by atoms with Gasteiger partial charge in [0, 0.05) is 16.7 Å². The Labute approximate surface area is 89.2 Å². The lowest BCUT2D eigenvalue weighted by Gasteiger charge is -2.06. The minimum Gasteiger partial charge on any atom is -0.496 e. The number of rotatable bonds is 3. The second kappa shape index (κ2) is 3.54. The molecule has 0 aliphatic carbocycles. The molecule has 0 aliphatic rings. The van der Waals surface area contributed by atoms with Crippen molar-refractivity contribution in [2.24, 2.45) is 0 Å². The van der Waals surface area contributed by atoms with Crippen LogP contribution in [0.25, 0.3) is 11.1 Å². The molecular weight excluding hydrogens is 188 g/mol. The van der Waals surface area contributed by atoms with E-state index in [9.17, 15) is 4.79 Å². The Morgan fingerprint density at radius 2 is 2.00 bits per heavy atom. The van der Waals surface area contributed by atoms with Crippen molar-refractivity contribution in [2.75, 3.05) is 7.11 Å². The third kappa shape index (κ3) is 1.56. The van der Waals surface area contributed by atoms with Crippen molar-refractivity contribution in [3.63, 3.8) is 0 Å². The van der Waals surface area contributed by atoms with Crippen LogP contribution in [0.15, 0.2) is 23.0 Å². The van der Waals surface area contributed by atoms with E-state index in [0.29, 0.717) is 0 Å². The van der Waals surface area contributed by atoms with Crippen molar-refractivity contribution in [1.29, 1.82) is 0 Å². The highest BCUT2D eigenvalue weighted by Gasteiger charge is 2.22. The minimum absolute atomic E-state index is 0.168. The Kier molecular flexibility index (Phi) is 2.35. The highest BCUT2D eigenvalue weighted by molar-refractivity contribution is 5.80. The average molecular weight is 202 g/mol. The third-order valence-corrected chi connectivity index (χ3v) is 2.82. The first-order valence-corrected chi connectivity index (χ1v) is 5.12. The Hall–Kier alpha value is -1.57. The molecule has 2 heteroatoms. The molecule has 0 aliphatic heterocycles. The van der Waals surface area contributed by atoms with Crippen LogP contribution in [0.4, 0.5) is 0 Å². The SMILES string of the molecule is CCc1ccc(OC)c(-c2c(C)c2=O)c1. The number of aryl methyl sites for hydroxylation is 1. The number of ether oxygens (including phenoxy) is 1. The van der Waals surface area contributed by atoms with Crippen LogP contribution in [0.5, 0.6) is 5.75 Å². The van der Waals surface area contributed by atoms with Crippen molar-refractivity contribution in [1.82, 2.24) is 0 Å². The molecule has 2 rings (SSSR count). The van der Waals surface area contributed by atoms with Crippen LogP contribution in [-0.4, -0.2) is 7.11 Å². The van der Waals surface area contributed by atoms with E-state index in [2.05, 4.69) is 6.92 Å². The fourth-order valence-electron chi connectivity index (χ4n) is 1.75. The van der Waals surface area contributed by atoms with E-state index in [1.807, 2.05) is 25.1 Å². The molecule has 0 fully saturated rings. The molecule has 0 saturated carbocycles. The maximum Gasteiger partial charge on any atom is 0.190 e. The number of hydrogen-bond acceptors (Lipinski definition) is 2. The van der Waals surface area contributed by atoms with E-state index >= 15 is 0 Å². The van der Waals surface area contributed by atoms with Gasteiger partial charge in [-0.2, -0.15) is 0 Å². The van der Waals surface area contributed by atoms with Gasteiger partial charge in [-0.1, -0.05) is 13.0 Å². The lowest BCUT2D eigenvalue weighted by Crippen LogP contribution is -1.89. The Morgan fingerprint density at radius 1 is 1.33 bits per heavy atom. The second-order valence-electron chi connectivity index (χ2n) is 3.72. The lowest BCUT2D eigenvalue weighted by atomic mass is 10.1. The van der Waals surface area contributed by atoms with Gasteiger partial charge in [0.1, 0.15) is 5.75 Å². The molecule has 0 aromatic heterocycles. The summed E-state index contributed by atoms with van der Waals surface area (Å²) in [5, 5.41) is 0. The molecule has 15 heavy (non-hydrogen) atoms. The maximum absolute atomic E-state index is 11.4. The summed E-state index contributed by atoms with van der Waals surface area (Å²) in [6, 6.07) is 6.01. The first-order chi connectivity index (χ1) is 7.19. The van der Waals surface area contributed by atoms with Gasteiger partial charge in [0.15, 0.2) is 5.43 Å². The summed E-state index contributed by atoms with van der Waals surface area (Å²) in [7, 11) is 1.63. The average Bonchev–Trinajstić information content (AvgIpc) is 2.86. The molecule has 0 amide bonds. The second-order valence-corrected chi connectivity index (χ2v) is 3.72. The molecular formula is C13H14O2. The molecule has 0 bridgehead atoms. The van der Waals surface area contributed by atoms with Crippen LogP contribution in [0.2, 0.25) is 0 Å². The fraction of sp³-hybridized carbons (Fsp3) is 0.308. The molecule has 0 N–H and O–H groups in total. The van der Waals surface area contributed by atoms with E-state index in [0.717, 1.165) is 28.9 Å². The summed E-state index contributed by atoms with van der Waals surface area (Å²) < 4.78 is 5.26. The molecule has 0 saturated heterocycles. The van der Waals surface area contributed by atoms with E-state index in [1.165, 1.54) is 5.56 Å². The molecule has 0 radical (unpaired) electrons. The Morgan fingerprint density at radius 3 is 2.47 bits per heavy atom. The van der Waals surface area contributed by atoms with Crippen molar-refractivity contribution in [3.05, 3.63) is 39.5 Å². The van der Waals surface area contributed by atoms with Gasteiger partial charge in [-0.25, -0.2) is 0 Å². The van der Waals surface area contributed by atoms with Gasteiger partial charge >= 0.3 is 0 Å². The summed E-state index contributed by atoms with van der Waals surface area (Å²) in [6.45, 7) is 3.96. The summed E-state index contributed by atoms with van der Waals surface area (Å²) in [6.07, 6.45) is 0.970. The summed E-state index contributed by atoms with van der Waals surface area (Å²) in [4.78, 5) is 11.4. The summed E-state index contributed by atoms with van der Waals surface area (Å²) in [5.74, 6) is 0.785. The Balaban J connectivity index is 2.53. The normalized spacial score (nSPS) is 10.9. The van der Waals surface area contributed by atoms with E-state index in [-0.39, 0.29) is 5.43 Å². The molecule has 78 valence electrons. The molecule has 2 nitrogen and oxygen atoms in total. The highest BCUT2D eigenvalue weighted by Crippen LogP contribution is 2.33. The number of methoxy groups -OCH3 is 1. The van der Waals surface area contributed by atoms with Crippen LogP contribution in [-0.2, 0) is 6.42 Å². The van der Waals surface area contributed by atoms with Crippen LogP contribution in [0, 0.1) is 6.92 Å². The van der Waals surface area contributed by atoms with Gasteiger partial charge in [0.25, 0.3) is 0 Å². The zero-order valence-electron chi connectivity index (χ0n) is 9.26. The molecule has 0 atom stereocenters. The maximum atomic E-state index is 11.4. The van der Waals surface area contributed by atoms with Gasteiger partial charge in [-0.15, -0.1) is 0 Å². The quantitative estimate of drug-likeness (QED) is 0.764. The summed E-state index contributed by atoms with van der Waals surface area (Å²) in [5.41, 5.74) is 4.04. The first-order valence-electron chi connectivity index (χ1n) is 5.12. The van der Waals surface area contributed by atoms with E-state index < -0.39 is 0 Å². The van der Waals surface area contributed by atoms with Crippen LogP contribution < -0.4 is 10.2 Å². The fourth-order valence-corrected chi connectivity index (χ4v) is 1.75. The zero-order chi connectivity index (χ0) is 11.0. The van der Waals surface area contributed by atoms with E-state index in [1.54, 1.807) is 7.11 Å². The van der Waals surface area contributed by atoms with Gasteiger partial charge < -0.3 is 4.74 Å². The zero-order valence-corrected chi connectivity index (χ0v) is 9.26. The highest BCUT2D eigenvalue weighted by atomic mass is 16.5. The number of benzene rings is 1. The predicted molar refractivity (Wildman–Crippen MR) is 61.2 cm³/mol. The smallest absolute Gasteiger partial charge is 0.190 e. The monoisotopic (exact) mass is 202 g/mol. The van der Waals surface area contributed by atoms with Gasteiger partial charge in [0.05, 0.1) is 7.11 Å². The molecule has 0 heterocycles. The Bertz CT molecular complexity index is 502. The number of hydrogen-bond donors (Lipinski definition) is 0. The van der Waals surface area contributed by atoms with Gasteiger partial charge in [-0.3, -0.25) is 4.79 Å². The largest absolute Gasteiger partial charge is 0.496 e. The topological polar surface area (TPSA) is 26.3 Å². The molecule has 2 aromatic rings. The third-order valence-electron chi connectivity index (χ3n) is 2.82. The van der Waals surface area contributed by atoms with Crippen molar-refractivity contribution in [2.45, 2.75) is 20.3 Å². The molecule has 0 unspecified atom stereocenters. The predicted octanol–water partition coefficient (Wildman–Crippen LogP) is 2.47. The van der Waals surface area contributed by atoms with Crippen LogP contribution in [0.3, 0.4) is 0 Å². The molecule has 2 aromatic carbocycles.